The average Bonchev–Trinajstić information content (AvgIpc) is 3.22. The minimum Gasteiger partial charge on any atom is -0.490 e. The van der Waals surface area contributed by atoms with Crippen LogP contribution in [0, 0.1) is 11.8 Å². The first-order valence-corrected chi connectivity index (χ1v) is 11.8. The second-order valence-electron chi connectivity index (χ2n) is 9.47. The number of aliphatic hydroxyl groups excluding tert-OH is 1. The summed E-state index contributed by atoms with van der Waals surface area (Å²) in [7, 11) is 3.66. The Balaban J connectivity index is 2.58. The van der Waals surface area contributed by atoms with Crippen LogP contribution in [0.15, 0.2) is 53.8 Å². The number of carbonyl (C=O) groups is 4. The monoisotopic (exact) mass is 517 g/mol. The van der Waals surface area contributed by atoms with Gasteiger partial charge in [-0.2, -0.15) is 0 Å². The number of nitrogens with zero attached hydrogens (tertiary/aromatic N) is 1. The van der Waals surface area contributed by atoms with Crippen LogP contribution in [-0.2, 0) is 33.3 Å². The molecule has 1 fully saturated rings. The maximum atomic E-state index is 13.4. The molecule has 0 aromatic heterocycles. The van der Waals surface area contributed by atoms with Gasteiger partial charge >= 0.3 is 17.9 Å². The SMILES string of the molecule is COC(=O)/C(=C\C=C(\C(=O)OC)C1CN(C(=O)c2ccccc2)[C@H](CO)[C@H]1CC(=O)OC(C)(C)C)OC. The van der Waals surface area contributed by atoms with Crippen LogP contribution in [0.3, 0.4) is 0 Å². The van der Waals surface area contributed by atoms with Crippen molar-refractivity contribution in [2.24, 2.45) is 11.8 Å². The molecule has 37 heavy (non-hydrogen) atoms. The summed E-state index contributed by atoms with van der Waals surface area (Å²) < 4.78 is 20.2. The minimum absolute atomic E-state index is 0.0156. The van der Waals surface area contributed by atoms with Gasteiger partial charge in [0.15, 0.2) is 0 Å². The molecule has 1 N–H and O–H groups in total. The molecule has 0 spiro atoms. The van der Waals surface area contributed by atoms with E-state index >= 15 is 0 Å². The number of aliphatic hydroxyl groups is 1. The van der Waals surface area contributed by atoms with Crippen molar-refractivity contribution in [1.82, 2.24) is 4.90 Å². The van der Waals surface area contributed by atoms with Gasteiger partial charge in [0.05, 0.1) is 40.4 Å². The molecule has 10 nitrogen and oxygen atoms in total. The zero-order chi connectivity index (χ0) is 27.8. The van der Waals surface area contributed by atoms with E-state index in [0.717, 1.165) is 0 Å². The Bertz CT molecular complexity index is 1040. The molecule has 0 saturated carbocycles. The lowest BCUT2D eigenvalue weighted by molar-refractivity contribution is -0.156. The molecule has 0 aliphatic carbocycles. The predicted molar refractivity (Wildman–Crippen MR) is 133 cm³/mol. The number of amides is 1. The van der Waals surface area contributed by atoms with E-state index in [1.54, 1.807) is 51.1 Å². The number of hydrogen-bond acceptors (Lipinski definition) is 9. The van der Waals surface area contributed by atoms with Crippen LogP contribution in [0.5, 0.6) is 0 Å². The molecule has 1 aromatic carbocycles. The Hall–Kier alpha value is -3.66. The smallest absolute Gasteiger partial charge is 0.373 e. The Morgan fingerprint density at radius 1 is 0.973 bits per heavy atom. The number of allylic oxidation sites excluding steroid dienone is 2. The van der Waals surface area contributed by atoms with Gasteiger partial charge in [-0.05, 0) is 45.1 Å². The first kappa shape index (κ1) is 29.6. The van der Waals surface area contributed by atoms with E-state index in [1.807, 2.05) is 0 Å². The third-order valence-corrected chi connectivity index (χ3v) is 5.94. The Morgan fingerprint density at radius 3 is 2.11 bits per heavy atom. The van der Waals surface area contributed by atoms with Crippen molar-refractivity contribution in [3.05, 3.63) is 59.4 Å². The number of likely N-dealkylation sites (tertiary alicyclic amines) is 1. The summed E-state index contributed by atoms with van der Waals surface area (Å²) >= 11 is 0. The van der Waals surface area contributed by atoms with Crippen molar-refractivity contribution in [1.29, 1.82) is 0 Å². The van der Waals surface area contributed by atoms with Crippen LogP contribution in [-0.4, -0.2) is 79.9 Å². The highest BCUT2D eigenvalue weighted by Crippen LogP contribution is 2.39. The summed E-state index contributed by atoms with van der Waals surface area (Å²) in [5.74, 6) is -3.95. The van der Waals surface area contributed by atoms with E-state index in [4.69, 9.17) is 14.2 Å². The second-order valence-corrected chi connectivity index (χ2v) is 9.47. The molecule has 1 unspecified atom stereocenters. The molecule has 0 radical (unpaired) electrons. The fraction of sp³-hybridized carbons (Fsp3) is 0.481. The molecule has 1 saturated heterocycles. The first-order chi connectivity index (χ1) is 17.5. The zero-order valence-corrected chi connectivity index (χ0v) is 22.1. The molecule has 0 bridgehead atoms. The highest BCUT2D eigenvalue weighted by Gasteiger charge is 2.47. The fourth-order valence-electron chi connectivity index (χ4n) is 4.33. The van der Waals surface area contributed by atoms with E-state index in [-0.39, 0.29) is 30.2 Å². The molecule has 3 atom stereocenters. The summed E-state index contributed by atoms with van der Waals surface area (Å²) in [5, 5.41) is 10.3. The number of hydrogen-bond donors (Lipinski definition) is 1. The maximum absolute atomic E-state index is 13.4. The maximum Gasteiger partial charge on any atom is 0.373 e. The van der Waals surface area contributed by atoms with Gasteiger partial charge in [0.25, 0.3) is 5.91 Å². The standard InChI is InChI=1S/C27H35NO9/c1-27(2,3)37-23(30)14-19-20(18(25(32)35-5)12-13-22(34-4)26(33)36-6)15-28(21(19)16-29)24(31)17-10-8-7-9-11-17/h7-13,19-21,29H,14-16H2,1-6H3/b18-12+,22-13+/t19-,20?,21+/m0/s1. The number of benzene rings is 1. The molecule has 10 heteroatoms. The van der Waals surface area contributed by atoms with E-state index in [9.17, 15) is 24.3 Å². The summed E-state index contributed by atoms with van der Waals surface area (Å²) in [6, 6.07) is 7.72. The van der Waals surface area contributed by atoms with E-state index in [0.29, 0.717) is 5.56 Å². The normalized spacial score (nSPS) is 20.3. The topological polar surface area (TPSA) is 129 Å². The lowest BCUT2D eigenvalue weighted by Crippen LogP contribution is -2.41. The number of ether oxygens (including phenoxy) is 4. The number of rotatable bonds is 9. The largest absolute Gasteiger partial charge is 0.490 e. The zero-order valence-electron chi connectivity index (χ0n) is 22.1. The van der Waals surface area contributed by atoms with E-state index < -0.39 is 48.0 Å². The Labute approximate surface area is 216 Å². The Kier molecular flexibility index (Phi) is 10.4. The minimum atomic E-state index is -0.787. The van der Waals surface area contributed by atoms with Crippen molar-refractivity contribution >= 4 is 23.8 Å². The lowest BCUT2D eigenvalue weighted by Gasteiger charge is -2.28. The highest BCUT2D eigenvalue weighted by atomic mass is 16.6. The number of methoxy groups -OCH3 is 3. The third kappa shape index (κ3) is 7.66. The molecular formula is C27H35NO9. The van der Waals surface area contributed by atoms with Crippen LogP contribution in [0.2, 0.25) is 0 Å². The van der Waals surface area contributed by atoms with Gasteiger partial charge in [0.2, 0.25) is 5.76 Å². The molecule has 1 aliphatic heterocycles. The van der Waals surface area contributed by atoms with Crippen molar-refractivity contribution in [3.63, 3.8) is 0 Å². The van der Waals surface area contributed by atoms with Gasteiger partial charge in [-0.1, -0.05) is 18.2 Å². The lowest BCUT2D eigenvalue weighted by atomic mass is 9.82. The summed E-state index contributed by atoms with van der Waals surface area (Å²) in [4.78, 5) is 52.5. The molecule has 2 rings (SSSR count). The van der Waals surface area contributed by atoms with Crippen LogP contribution in [0.4, 0.5) is 0 Å². The van der Waals surface area contributed by atoms with Crippen molar-refractivity contribution in [3.8, 4) is 0 Å². The first-order valence-electron chi connectivity index (χ1n) is 11.8. The van der Waals surface area contributed by atoms with Gasteiger partial charge < -0.3 is 29.0 Å². The molecule has 1 aliphatic rings. The van der Waals surface area contributed by atoms with Crippen LogP contribution >= 0.6 is 0 Å². The Morgan fingerprint density at radius 2 is 1.59 bits per heavy atom. The molecule has 1 amide bonds. The van der Waals surface area contributed by atoms with E-state index in [1.165, 1.54) is 38.4 Å². The van der Waals surface area contributed by atoms with E-state index in [2.05, 4.69) is 4.74 Å². The van der Waals surface area contributed by atoms with Crippen LogP contribution in [0.1, 0.15) is 37.6 Å². The van der Waals surface area contributed by atoms with Gasteiger partial charge in [0, 0.05) is 29.5 Å². The third-order valence-electron chi connectivity index (χ3n) is 5.94. The van der Waals surface area contributed by atoms with Crippen LogP contribution in [0.25, 0.3) is 0 Å². The van der Waals surface area contributed by atoms with Crippen molar-refractivity contribution in [2.75, 3.05) is 34.5 Å². The molecule has 202 valence electrons. The average molecular weight is 518 g/mol. The summed E-state index contributed by atoms with van der Waals surface area (Å²) in [6.07, 6.45) is 2.44. The number of carbonyl (C=O) groups excluding carboxylic acids is 4. The molecule has 1 aromatic rings. The van der Waals surface area contributed by atoms with Crippen molar-refractivity contribution < 1.29 is 43.2 Å². The van der Waals surface area contributed by atoms with Crippen LogP contribution < -0.4 is 0 Å². The van der Waals surface area contributed by atoms with Crippen molar-refractivity contribution in [2.45, 2.75) is 38.8 Å². The predicted octanol–water partition coefficient (Wildman–Crippen LogP) is 2.27. The quantitative estimate of drug-likeness (QED) is 0.172. The van der Waals surface area contributed by atoms with Gasteiger partial charge in [-0.3, -0.25) is 9.59 Å². The summed E-state index contributed by atoms with van der Waals surface area (Å²) in [5.41, 5.74) is -0.262. The molecular weight excluding hydrogens is 482 g/mol. The highest BCUT2D eigenvalue weighted by molar-refractivity contribution is 5.95. The van der Waals surface area contributed by atoms with Gasteiger partial charge in [-0.25, -0.2) is 9.59 Å². The van der Waals surface area contributed by atoms with Gasteiger partial charge in [-0.15, -0.1) is 0 Å². The second kappa shape index (κ2) is 13.0. The molecule has 1 heterocycles. The number of esters is 3. The summed E-state index contributed by atoms with van der Waals surface area (Å²) in [6.45, 7) is 4.76. The fourth-order valence-corrected chi connectivity index (χ4v) is 4.33. The van der Waals surface area contributed by atoms with Gasteiger partial charge in [0.1, 0.15) is 5.60 Å².